The minimum Gasteiger partial charge on any atom is -0.486 e. The fraction of sp³-hybridized carbons (Fsp3) is 0.458. The third kappa shape index (κ3) is 3.27. The Morgan fingerprint density at radius 3 is 2.59 bits per heavy atom. The Bertz CT molecular complexity index is 879. The number of nitrogens with one attached hydrogen (secondary N) is 1. The van der Waals surface area contributed by atoms with Crippen LogP contribution in [0.1, 0.15) is 47.5 Å². The average molecular weight is 392 g/mol. The van der Waals surface area contributed by atoms with Gasteiger partial charge in [0.2, 0.25) is 0 Å². The Labute approximate surface area is 172 Å². The molecule has 0 radical (unpaired) electrons. The molecule has 3 aliphatic rings. The van der Waals surface area contributed by atoms with Crippen molar-refractivity contribution >= 4 is 5.91 Å². The molecule has 1 amide bonds. The van der Waals surface area contributed by atoms with E-state index < -0.39 is 0 Å². The summed E-state index contributed by atoms with van der Waals surface area (Å²) in [4.78, 5) is 15.7. The summed E-state index contributed by atoms with van der Waals surface area (Å²) < 4.78 is 11.4. The molecule has 2 atom stereocenters. The molecule has 1 saturated heterocycles. The van der Waals surface area contributed by atoms with Gasteiger partial charge >= 0.3 is 0 Å². The van der Waals surface area contributed by atoms with Gasteiger partial charge < -0.3 is 14.8 Å². The van der Waals surface area contributed by atoms with Crippen LogP contribution < -0.4 is 14.8 Å². The highest BCUT2D eigenvalue weighted by molar-refractivity contribution is 5.98. The number of ether oxygens (including phenoxy) is 2. The van der Waals surface area contributed by atoms with Crippen LogP contribution in [0.3, 0.4) is 0 Å². The molecular weight excluding hydrogens is 364 g/mol. The maximum absolute atomic E-state index is 13.1. The van der Waals surface area contributed by atoms with Crippen molar-refractivity contribution in [1.82, 2.24) is 10.2 Å². The normalized spacial score (nSPS) is 26.0. The molecule has 2 aliphatic heterocycles. The van der Waals surface area contributed by atoms with Gasteiger partial charge in [-0.15, -0.1) is 0 Å². The van der Waals surface area contributed by atoms with Crippen molar-refractivity contribution in [3.05, 3.63) is 59.7 Å². The molecule has 2 heterocycles. The van der Waals surface area contributed by atoms with Gasteiger partial charge in [-0.25, -0.2) is 0 Å². The van der Waals surface area contributed by atoms with E-state index in [2.05, 4.69) is 40.5 Å². The molecule has 0 bridgehead atoms. The van der Waals surface area contributed by atoms with Gasteiger partial charge in [-0.3, -0.25) is 9.69 Å². The average Bonchev–Trinajstić information content (AvgIpc) is 3.28. The van der Waals surface area contributed by atoms with Crippen LogP contribution in [-0.2, 0) is 0 Å². The van der Waals surface area contributed by atoms with Gasteiger partial charge in [0.15, 0.2) is 11.5 Å². The van der Waals surface area contributed by atoms with Crippen molar-refractivity contribution in [1.29, 1.82) is 0 Å². The molecule has 152 valence electrons. The zero-order chi connectivity index (χ0) is 19.7. The Kier molecular flexibility index (Phi) is 4.92. The Hall–Kier alpha value is -2.53. The lowest BCUT2D eigenvalue weighted by Crippen LogP contribution is -2.63. The number of carbonyl (C=O) groups is 1. The van der Waals surface area contributed by atoms with Crippen LogP contribution >= 0.6 is 0 Å². The van der Waals surface area contributed by atoms with E-state index in [1.54, 1.807) is 0 Å². The van der Waals surface area contributed by atoms with Crippen molar-refractivity contribution in [3.8, 4) is 11.5 Å². The second-order valence-corrected chi connectivity index (χ2v) is 8.31. The number of hydrogen-bond acceptors (Lipinski definition) is 4. The van der Waals surface area contributed by atoms with Crippen molar-refractivity contribution in [2.75, 3.05) is 32.8 Å². The van der Waals surface area contributed by atoms with Gasteiger partial charge in [0, 0.05) is 18.0 Å². The SMILES string of the molecule is O=C(NCC1(N2CCCC2)CCC1c1ccccc1)c1cccc2c1OCCO2. The molecular formula is C24H28N2O3. The van der Waals surface area contributed by atoms with E-state index in [4.69, 9.17) is 9.47 Å². The fourth-order valence-electron chi connectivity index (χ4n) is 5.23. The van der Waals surface area contributed by atoms with E-state index in [0.29, 0.717) is 42.7 Å². The molecule has 0 spiro atoms. The third-order valence-corrected chi connectivity index (χ3v) is 6.82. The van der Waals surface area contributed by atoms with Crippen LogP contribution in [0.15, 0.2) is 48.5 Å². The van der Waals surface area contributed by atoms with E-state index in [-0.39, 0.29) is 11.4 Å². The van der Waals surface area contributed by atoms with Crippen molar-refractivity contribution in [2.45, 2.75) is 37.1 Å². The summed E-state index contributed by atoms with van der Waals surface area (Å²) in [6.07, 6.45) is 4.79. The zero-order valence-corrected chi connectivity index (χ0v) is 16.7. The first-order valence-corrected chi connectivity index (χ1v) is 10.7. The van der Waals surface area contributed by atoms with E-state index in [1.165, 1.54) is 24.8 Å². The standard InChI is InChI=1S/C24H28N2O3/c27-23(19-9-6-10-21-22(19)29-16-15-28-21)25-17-24(26-13-4-5-14-26)12-11-20(24)18-7-2-1-3-8-18/h1-3,6-10,20H,4-5,11-17H2,(H,25,27). The summed E-state index contributed by atoms with van der Waals surface area (Å²) in [5.41, 5.74) is 1.96. The highest BCUT2D eigenvalue weighted by Gasteiger charge is 2.52. The summed E-state index contributed by atoms with van der Waals surface area (Å²) in [7, 11) is 0. The van der Waals surface area contributed by atoms with E-state index in [1.807, 2.05) is 18.2 Å². The molecule has 0 aromatic heterocycles. The topological polar surface area (TPSA) is 50.8 Å². The number of carbonyl (C=O) groups excluding carboxylic acids is 1. The van der Waals surface area contributed by atoms with Crippen LogP contribution in [0, 0.1) is 0 Å². The molecule has 2 aromatic rings. The maximum Gasteiger partial charge on any atom is 0.255 e. The lowest BCUT2D eigenvalue weighted by Gasteiger charge is -2.55. The van der Waals surface area contributed by atoms with E-state index in [0.717, 1.165) is 19.5 Å². The summed E-state index contributed by atoms with van der Waals surface area (Å²) >= 11 is 0. The Balaban J connectivity index is 1.37. The molecule has 1 saturated carbocycles. The minimum atomic E-state index is -0.0790. The lowest BCUT2D eigenvalue weighted by atomic mass is 9.62. The van der Waals surface area contributed by atoms with Gasteiger partial charge in [0.25, 0.3) is 5.91 Å². The summed E-state index contributed by atoms with van der Waals surface area (Å²) in [5.74, 6) is 1.61. The molecule has 1 N–H and O–H groups in total. The fourth-order valence-corrected chi connectivity index (χ4v) is 5.23. The minimum absolute atomic E-state index is 0.0136. The zero-order valence-electron chi connectivity index (χ0n) is 16.7. The number of benzene rings is 2. The van der Waals surface area contributed by atoms with Gasteiger partial charge in [0.1, 0.15) is 13.2 Å². The van der Waals surface area contributed by atoms with E-state index in [9.17, 15) is 4.79 Å². The molecule has 2 aromatic carbocycles. The van der Waals surface area contributed by atoms with Crippen LogP contribution in [0.25, 0.3) is 0 Å². The molecule has 29 heavy (non-hydrogen) atoms. The first-order chi connectivity index (χ1) is 14.3. The van der Waals surface area contributed by atoms with Crippen molar-refractivity contribution < 1.29 is 14.3 Å². The van der Waals surface area contributed by atoms with Crippen LogP contribution in [0.5, 0.6) is 11.5 Å². The largest absolute Gasteiger partial charge is 0.486 e. The molecule has 2 fully saturated rings. The summed E-state index contributed by atoms with van der Waals surface area (Å²) in [6, 6.07) is 16.3. The van der Waals surface area contributed by atoms with Crippen molar-refractivity contribution in [3.63, 3.8) is 0 Å². The summed E-state index contributed by atoms with van der Waals surface area (Å²) in [6.45, 7) is 3.91. The van der Waals surface area contributed by atoms with Crippen LogP contribution in [0.2, 0.25) is 0 Å². The number of hydrogen-bond donors (Lipinski definition) is 1. The number of rotatable bonds is 5. The highest BCUT2D eigenvalue weighted by Crippen LogP contribution is 2.50. The maximum atomic E-state index is 13.1. The molecule has 5 rings (SSSR count). The molecule has 5 heteroatoms. The summed E-state index contributed by atoms with van der Waals surface area (Å²) in [5, 5.41) is 3.25. The lowest BCUT2D eigenvalue weighted by molar-refractivity contribution is 0.00941. The predicted octanol–water partition coefficient (Wildman–Crippen LogP) is 3.60. The Morgan fingerprint density at radius 2 is 1.83 bits per heavy atom. The first kappa shape index (κ1) is 18.5. The molecule has 2 unspecified atom stereocenters. The smallest absolute Gasteiger partial charge is 0.255 e. The first-order valence-electron chi connectivity index (χ1n) is 10.7. The second-order valence-electron chi connectivity index (χ2n) is 8.31. The number of para-hydroxylation sites is 1. The monoisotopic (exact) mass is 392 g/mol. The van der Waals surface area contributed by atoms with E-state index >= 15 is 0 Å². The third-order valence-electron chi connectivity index (χ3n) is 6.82. The predicted molar refractivity (Wildman–Crippen MR) is 112 cm³/mol. The number of likely N-dealkylation sites (tertiary alicyclic amines) is 1. The van der Waals surface area contributed by atoms with Crippen LogP contribution in [0.4, 0.5) is 0 Å². The quantitative estimate of drug-likeness (QED) is 0.845. The number of amides is 1. The van der Waals surface area contributed by atoms with Gasteiger partial charge in [-0.1, -0.05) is 36.4 Å². The number of nitrogens with zero attached hydrogens (tertiary/aromatic N) is 1. The highest BCUT2D eigenvalue weighted by atomic mass is 16.6. The second kappa shape index (κ2) is 7.71. The van der Waals surface area contributed by atoms with Gasteiger partial charge in [-0.05, 0) is 56.5 Å². The van der Waals surface area contributed by atoms with Gasteiger partial charge in [-0.2, -0.15) is 0 Å². The Morgan fingerprint density at radius 1 is 1.03 bits per heavy atom. The van der Waals surface area contributed by atoms with Crippen molar-refractivity contribution in [2.24, 2.45) is 0 Å². The number of fused-ring (bicyclic) bond motifs is 1. The molecule has 5 nitrogen and oxygen atoms in total. The molecule has 1 aliphatic carbocycles. The van der Waals surface area contributed by atoms with Crippen LogP contribution in [-0.4, -0.2) is 49.2 Å². The van der Waals surface area contributed by atoms with Gasteiger partial charge in [0.05, 0.1) is 5.56 Å².